The van der Waals surface area contributed by atoms with Crippen LogP contribution in [0.25, 0.3) is 0 Å². The molecule has 0 radical (unpaired) electrons. The summed E-state index contributed by atoms with van der Waals surface area (Å²) in [6.07, 6.45) is 2.08. The first-order chi connectivity index (χ1) is 10.1. The number of rotatable bonds is 5. The van der Waals surface area contributed by atoms with E-state index in [-0.39, 0.29) is 5.69 Å². The summed E-state index contributed by atoms with van der Waals surface area (Å²) in [6.45, 7) is 3.62. The van der Waals surface area contributed by atoms with Gasteiger partial charge < -0.3 is 10.1 Å². The molecular weight excluding hydrogens is 272 g/mol. The molecule has 1 aromatic heterocycles. The first kappa shape index (κ1) is 14.7. The molecule has 0 unspecified atom stereocenters. The van der Waals surface area contributed by atoms with Crippen LogP contribution in [0.4, 0.5) is 11.5 Å². The van der Waals surface area contributed by atoms with Gasteiger partial charge in [0.15, 0.2) is 0 Å². The second kappa shape index (κ2) is 6.17. The number of ether oxygens (including phenoxy) is 1. The summed E-state index contributed by atoms with van der Waals surface area (Å²) < 4.78 is 5.77. The molecule has 1 heterocycles. The molecule has 0 saturated carbocycles. The van der Waals surface area contributed by atoms with Gasteiger partial charge in [-0.1, -0.05) is 13.0 Å². The van der Waals surface area contributed by atoms with E-state index < -0.39 is 4.92 Å². The summed E-state index contributed by atoms with van der Waals surface area (Å²) in [7, 11) is 1.77. The fourth-order valence-corrected chi connectivity index (χ4v) is 2.03. The third kappa shape index (κ3) is 2.91. The highest BCUT2D eigenvalue weighted by atomic mass is 16.6. The third-order valence-electron chi connectivity index (χ3n) is 3.16. The van der Waals surface area contributed by atoms with Crippen LogP contribution in [0.15, 0.2) is 24.5 Å². The zero-order valence-corrected chi connectivity index (χ0v) is 12.1. The predicted octanol–water partition coefficient (Wildman–Crippen LogP) is 3.09. The lowest BCUT2D eigenvalue weighted by Crippen LogP contribution is -2.03. The van der Waals surface area contributed by atoms with Gasteiger partial charge in [-0.25, -0.2) is 9.97 Å². The van der Waals surface area contributed by atoms with Crippen molar-refractivity contribution in [3.8, 4) is 11.6 Å². The van der Waals surface area contributed by atoms with E-state index in [9.17, 15) is 10.1 Å². The maximum Gasteiger partial charge on any atom is 0.276 e. The van der Waals surface area contributed by atoms with E-state index in [1.807, 2.05) is 6.92 Å². The number of benzene rings is 1. The van der Waals surface area contributed by atoms with Gasteiger partial charge in [-0.2, -0.15) is 0 Å². The van der Waals surface area contributed by atoms with Crippen molar-refractivity contribution in [2.24, 2.45) is 0 Å². The Hall–Kier alpha value is -2.70. The summed E-state index contributed by atoms with van der Waals surface area (Å²) in [5.74, 6) is 1.51. The van der Waals surface area contributed by atoms with E-state index in [1.165, 1.54) is 12.4 Å². The van der Waals surface area contributed by atoms with E-state index >= 15 is 0 Å². The second-order valence-electron chi connectivity index (χ2n) is 4.37. The Morgan fingerprint density at radius 2 is 2.14 bits per heavy atom. The number of anilines is 1. The quantitative estimate of drug-likeness (QED) is 0.671. The molecule has 7 nitrogen and oxygen atoms in total. The summed E-state index contributed by atoms with van der Waals surface area (Å²) in [6, 6.07) is 4.72. The highest BCUT2D eigenvalue weighted by Gasteiger charge is 2.17. The molecular formula is C14H16N4O3. The zero-order chi connectivity index (χ0) is 15.4. The van der Waals surface area contributed by atoms with Crippen LogP contribution in [0.2, 0.25) is 0 Å². The van der Waals surface area contributed by atoms with Crippen LogP contribution in [0.3, 0.4) is 0 Å². The summed E-state index contributed by atoms with van der Waals surface area (Å²) in [4.78, 5) is 18.8. The van der Waals surface area contributed by atoms with Gasteiger partial charge in [0.2, 0.25) is 5.88 Å². The van der Waals surface area contributed by atoms with Crippen LogP contribution in [0, 0.1) is 17.0 Å². The number of aromatic nitrogens is 2. The summed E-state index contributed by atoms with van der Waals surface area (Å²) >= 11 is 0. The van der Waals surface area contributed by atoms with E-state index in [0.717, 1.165) is 5.56 Å². The van der Waals surface area contributed by atoms with Crippen molar-refractivity contribution in [1.29, 1.82) is 0 Å². The molecule has 110 valence electrons. The number of nitro benzene ring substituents is 1. The maximum absolute atomic E-state index is 11.0. The Morgan fingerprint density at radius 3 is 2.76 bits per heavy atom. The second-order valence-corrected chi connectivity index (χ2v) is 4.37. The minimum Gasteiger partial charge on any atom is -0.438 e. The molecule has 0 spiro atoms. The monoisotopic (exact) mass is 288 g/mol. The van der Waals surface area contributed by atoms with Crippen LogP contribution < -0.4 is 10.1 Å². The van der Waals surface area contributed by atoms with Crippen molar-refractivity contribution in [3.63, 3.8) is 0 Å². The largest absolute Gasteiger partial charge is 0.438 e. The minimum atomic E-state index is -0.429. The van der Waals surface area contributed by atoms with Gasteiger partial charge in [0.25, 0.3) is 5.69 Å². The van der Waals surface area contributed by atoms with Crippen molar-refractivity contribution in [1.82, 2.24) is 9.97 Å². The van der Waals surface area contributed by atoms with Crippen molar-refractivity contribution < 1.29 is 9.66 Å². The molecule has 1 aromatic carbocycles. The molecule has 0 aliphatic rings. The molecule has 0 atom stereocenters. The summed E-state index contributed by atoms with van der Waals surface area (Å²) in [5.41, 5.74) is 1.31. The van der Waals surface area contributed by atoms with Crippen molar-refractivity contribution in [3.05, 3.63) is 45.8 Å². The van der Waals surface area contributed by atoms with Crippen LogP contribution in [0.1, 0.15) is 18.1 Å². The molecule has 0 fully saturated rings. The molecule has 2 aromatic rings. The van der Waals surface area contributed by atoms with Crippen LogP contribution in [-0.4, -0.2) is 21.9 Å². The lowest BCUT2D eigenvalue weighted by Gasteiger charge is -2.13. The fourth-order valence-electron chi connectivity index (χ4n) is 2.03. The number of nitrogens with one attached hydrogen (secondary N) is 1. The fraction of sp³-hybridized carbons (Fsp3) is 0.286. The molecule has 0 aliphatic heterocycles. The lowest BCUT2D eigenvalue weighted by molar-refractivity contribution is -0.385. The smallest absolute Gasteiger partial charge is 0.276 e. The third-order valence-corrected chi connectivity index (χ3v) is 3.16. The Kier molecular flexibility index (Phi) is 4.32. The first-order valence-electron chi connectivity index (χ1n) is 6.52. The maximum atomic E-state index is 11.0. The zero-order valence-electron chi connectivity index (χ0n) is 12.1. The lowest BCUT2D eigenvalue weighted by atomic mass is 10.2. The van der Waals surface area contributed by atoms with Crippen molar-refractivity contribution >= 4 is 11.5 Å². The molecule has 0 aliphatic carbocycles. The van der Waals surface area contributed by atoms with E-state index in [0.29, 0.717) is 29.4 Å². The molecule has 2 rings (SSSR count). The SMILES string of the molecule is CCc1c(NC)ncnc1Oc1cccc([N+](=O)[O-])c1C. The average molecular weight is 288 g/mol. The van der Waals surface area contributed by atoms with Gasteiger partial charge in [-0.15, -0.1) is 0 Å². The molecule has 7 heteroatoms. The Bertz CT molecular complexity index is 673. The van der Waals surface area contributed by atoms with Gasteiger partial charge in [-0.3, -0.25) is 10.1 Å². The van der Waals surface area contributed by atoms with Gasteiger partial charge in [0.05, 0.1) is 16.1 Å². The van der Waals surface area contributed by atoms with Crippen molar-refractivity contribution in [2.75, 3.05) is 12.4 Å². The number of nitro groups is 1. The predicted molar refractivity (Wildman–Crippen MR) is 78.9 cm³/mol. The normalized spacial score (nSPS) is 10.2. The van der Waals surface area contributed by atoms with Crippen LogP contribution in [-0.2, 0) is 6.42 Å². The minimum absolute atomic E-state index is 0.0217. The highest BCUT2D eigenvalue weighted by molar-refractivity contribution is 5.52. The van der Waals surface area contributed by atoms with E-state index in [4.69, 9.17) is 4.74 Å². The number of hydrogen-bond donors (Lipinski definition) is 1. The Labute approximate surface area is 122 Å². The van der Waals surface area contributed by atoms with Crippen LogP contribution >= 0.6 is 0 Å². The van der Waals surface area contributed by atoms with Gasteiger partial charge in [0, 0.05) is 13.1 Å². The topological polar surface area (TPSA) is 90.2 Å². The molecule has 1 N–H and O–H groups in total. The van der Waals surface area contributed by atoms with Gasteiger partial charge in [-0.05, 0) is 19.4 Å². The number of nitrogens with zero attached hydrogens (tertiary/aromatic N) is 3. The standard InChI is InChI=1S/C14H16N4O3/c1-4-10-13(15-3)16-8-17-14(10)21-12-7-5-6-11(9(12)2)18(19)20/h5-8H,4H2,1-3H3,(H,15,16,17). The van der Waals surface area contributed by atoms with Gasteiger partial charge >= 0.3 is 0 Å². The van der Waals surface area contributed by atoms with E-state index in [2.05, 4.69) is 15.3 Å². The van der Waals surface area contributed by atoms with E-state index in [1.54, 1.807) is 26.1 Å². The van der Waals surface area contributed by atoms with Gasteiger partial charge in [0.1, 0.15) is 17.9 Å². The molecule has 0 saturated heterocycles. The molecule has 21 heavy (non-hydrogen) atoms. The van der Waals surface area contributed by atoms with Crippen LogP contribution in [0.5, 0.6) is 11.6 Å². The Balaban J connectivity index is 2.44. The molecule has 0 amide bonds. The highest BCUT2D eigenvalue weighted by Crippen LogP contribution is 2.32. The number of hydrogen-bond acceptors (Lipinski definition) is 6. The first-order valence-corrected chi connectivity index (χ1v) is 6.52. The summed E-state index contributed by atoms with van der Waals surface area (Å²) in [5, 5.41) is 13.9. The van der Waals surface area contributed by atoms with Crippen molar-refractivity contribution in [2.45, 2.75) is 20.3 Å². The average Bonchev–Trinajstić information content (AvgIpc) is 2.48. The Morgan fingerprint density at radius 1 is 1.38 bits per heavy atom. The molecule has 0 bridgehead atoms.